The smallest absolute Gasteiger partial charge is 0.242 e. The lowest BCUT2D eigenvalue weighted by Crippen LogP contribution is -2.26. The van der Waals surface area contributed by atoms with Crippen molar-refractivity contribution < 1.29 is 9.18 Å². The number of carbonyl (C=O) groups excluding carboxylic acids is 1. The lowest BCUT2D eigenvalue weighted by Gasteiger charge is -2.11. The van der Waals surface area contributed by atoms with E-state index in [4.69, 9.17) is 12.2 Å². The molecule has 0 spiro atoms. The van der Waals surface area contributed by atoms with Crippen molar-refractivity contribution in [3.63, 3.8) is 0 Å². The molecule has 0 atom stereocenters. The lowest BCUT2D eigenvalue weighted by atomic mass is 10.3. The summed E-state index contributed by atoms with van der Waals surface area (Å²) < 4.78 is 15.2. The summed E-state index contributed by atoms with van der Waals surface area (Å²) in [6, 6.07) is 4.33. The maximum atomic E-state index is 13.2. The minimum Gasteiger partial charge on any atom is -0.347 e. The molecule has 2 rings (SSSR count). The second-order valence-corrected chi connectivity index (χ2v) is 4.35. The number of fused-ring (bicyclic) bond motifs is 1. The van der Waals surface area contributed by atoms with E-state index in [1.165, 1.54) is 17.0 Å². The zero-order chi connectivity index (χ0) is 12.6. The van der Waals surface area contributed by atoms with Gasteiger partial charge >= 0.3 is 0 Å². The number of likely N-dealkylation sites (N-methyl/N-ethyl adjacent to an activating group) is 1. The minimum atomic E-state index is -0.349. The first-order chi connectivity index (χ1) is 7.99. The summed E-state index contributed by atoms with van der Waals surface area (Å²) >= 11 is 5.12. The second-order valence-electron chi connectivity index (χ2n) is 3.97. The van der Waals surface area contributed by atoms with E-state index in [-0.39, 0.29) is 18.3 Å². The number of nitrogens with zero attached hydrogens (tertiary/aromatic N) is 2. The summed E-state index contributed by atoms with van der Waals surface area (Å²) in [7, 11) is 3.34. The first kappa shape index (κ1) is 11.8. The van der Waals surface area contributed by atoms with Gasteiger partial charge < -0.3 is 14.5 Å². The largest absolute Gasteiger partial charge is 0.347 e. The Bertz CT molecular complexity index is 629. The van der Waals surface area contributed by atoms with Gasteiger partial charge in [0.1, 0.15) is 12.4 Å². The van der Waals surface area contributed by atoms with E-state index >= 15 is 0 Å². The molecule has 1 aromatic heterocycles. The monoisotopic (exact) mass is 253 g/mol. The van der Waals surface area contributed by atoms with Gasteiger partial charge in [-0.25, -0.2) is 4.39 Å². The van der Waals surface area contributed by atoms with Gasteiger partial charge in [0.25, 0.3) is 0 Å². The summed E-state index contributed by atoms with van der Waals surface area (Å²) in [5.41, 5.74) is 1.33. The van der Waals surface area contributed by atoms with Crippen molar-refractivity contribution in [3.8, 4) is 0 Å². The SMILES string of the molecule is CN(C)C(=O)Cn1c(=S)[nH]c2ccc(F)cc21. The van der Waals surface area contributed by atoms with Crippen molar-refractivity contribution in [2.45, 2.75) is 6.54 Å². The van der Waals surface area contributed by atoms with Gasteiger partial charge in [-0.1, -0.05) is 0 Å². The fourth-order valence-electron chi connectivity index (χ4n) is 1.56. The molecule has 17 heavy (non-hydrogen) atoms. The number of rotatable bonds is 2. The number of halogens is 1. The molecule has 1 aromatic carbocycles. The summed E-state index contributed by atoms with van der Waals surface area (Å²) in [6.07, 6.45) is 0. The van der Waals surface area contributed by atoms with Crippen LogP contribution in [0.5, 0.6) is 0 Å². The number of hydrogen-bond acceptors (Lipinski definition) is 2. The summed E-state index contributed by atoms with van der Waals surface area (Å²) in [5.74, 6) is -0.441. The van der Waals surface area contributed by atoms with Crippen molar-refractivity contribution in [2.75, 3.05) is 14.1 Å². The minimum absolute atomic E-state index is 0.0914. The summed E-state index contributed by atoms with van der Waals surface area (Å²) in [4.78, 5) is 16.1. The van der Waals surface area contributed by atoms with Crippen molar-refractivity contribution >= 4 is 29.2 Å². The molecule has 2 aromatic rings. The van der Waals surface area contributed by atoms with Gasteiger partial charge in [-0.3, -0.25) is 4.79 Å². The van der Waals surface area contributed by atoms with Crippen LogP contribution in [0.25, 0.3) is 11.0 Å². The third-order valence-corrected chi connectivity index (χ3v) is 2.85. The number of imidazole rings is 1. The third-order valence-electron chi connectivity index (χ3n) is 2.53. The average Bonchev–Trinajstić information content (AvgIpc) is 2.55. The Kier molecular flexibility index (Phi) is 2.97. The van der Waals surface area contributed by atoms with E-state index < -0.39 is 0 Å². The van der Waals surface area contributed by atoms with Crippen LogP contribution in [0, 0.1) is 10.6 Å². The number of H-pyrrole nitrogens is 1. The highest BCUT2D eigenvalue weighted by Gasteiger charge is 2.10. The Morgan fingerprint density at radius 3 is 2.88 bits per heavy atom. The van der Waals surface area contributed by atoms with Gasteiger partial charge in [-0.05, 0) is 30.4 Å². The lowest BCUT2D eigenvalue weighted by molar-refractivity contribution is -0.129. The van der Waals surface area contributed by atoms with E-state index in [1.54, 1.807) is 24.7 Å². The van der Waals surface area contributed by atoms with Crippen LogP contribution in [0.1, 0.15) is 0 Å². The van der Waals surface area contributed by atoms with Crippen LogP contribution in [-0.2, 0) is 11.3 Å². The van der Waals surface area contributed by atoms with Gasteiger partial charge in [-0.2, -0.15) is 0 Å². The Balaban J connectivity index is 2.53. The maximum absolute atomic E-state index is 13.2. The molecule has 90 valence electrons. The molecular weight excluding hydrogens is 241 g/mol. The van der Waals surface area contributed by atoms with E-state index in [1.807, 2.05) is 0 Å². The molecule has 1 amide bonds. The molecule has 0 saturated heterocycles. The molecule has 1 heterocycles. The molecule has 0 radical (unpaired) electrons. The first-order valence-electron chi connectivity index (χ1n) is 5.07. The fourth-order valence-corrected chi connectivity index (χ4v) is 1.83. The van der Waals surface area contributed by atoms with E-state index in [9.17, 15) is 9.18 Å². The maximum Gasteiger partial charge on any atom is 0.242 e. The highest BCUT2D eigenvalue weighted by atomic mass is 32.1. The Labute approximate surface area is 103 Å². The predicted octanol–water partition coefficient (Wildman–Crippen LogP) is 1.93. The summed E-state index contributed by atoms with van der Waals surface area (Å²) in [5, 5.41) is 0. The van der Waals surface area contributed by atoms with Crippen LogP contribution in [0.2, 0.25) is 0 Å². The molecular formula is C11H12FN3OS. The number of hydrogen-bond donors (Lipinski definition) is 1. The highest BCUT2D eigenvalue weighted by Crippen LogP contribution is 2.15. The van der Waals surface area contributed by atoms with Crippen LogP contribution >= 0.6 is 12.2 Å². The highest BCUT2D eigenvalue weighted by molar-refractivity contribution is 7.71. The molecule has 6 heteroatoms. The number of amides is 1. The van der Waals surface area contributed by atoms with Crippen LogP contribution in [0.4, 0.5) is 4.39 Å². The molecule has 0 fully saturated rings. The Morgan fingerprint density at radius 2 is 2.24 bits per heavy atom. The molecule has 4 nitrogen and oxygen atoms in total. The zero-order valence-electron chi connectivity index (χ0n) is 9.53. The van der Waals surface area contributed by atoms with Crippen LogP contribution in [0.15, 0.2) is 18.2 Å². The topological polar surface area (TPSA) is 41.0 Å². The number of nitrogens with one attached hydrogen (secondary N) is 1. The Hall–Kier alpha value is -1.69. The number of carbonyl (C=O) groups is 1. The average molecular weight is 253 g/mol. The van der Waals surface area contributed by atoms with Crippen molar-refractivity contribution in [1.29, 1.82) is 0 Å². The zero-order valence-corrected chi connectivity index (χ0v) is 10.3. The van der Waals surface area contributed by atoms with Crippen molar-refractivity contribution in [1.82, 2.24) is 14.5 Å². The van der Waals surface area contributed by atoms with Crippen LogP contribution < -0.4 is 0 Å². The Morgan fingerprint density at radius 1 is 1.53 bits per heavy atom. The molecule has 0 unspecified atom stereocenters. The van der Waals surface area contributed by atoms with Gasteiger partial charge in [-0.15, -0.1) is 0 Å². The standard InChI is InChI=1S/C11H12FN3OS/c1-14(2)10(16)6-15-9-5-7(12)3-4-8(9)13-11(15)17/h3-5H,6H2,1-2H3,(H,13,17). The van der Waals surface area contributed by atoms with Gasteiger partial charge in [0.2, 0.25) is 5.91 Å². The van der Waals surface area contributed by atoms with E-state index in [0.717, 1.165) is 5.52 Å². The number of benzene rings is 1. The quantitative estimate of drug-likeness (QED) is 0.831. The predicted molar refractivity (Wildman–Crippen MR) is 65.8 cm³/mol. The van der Waals surface area contributed by atoms with Gasteiger partial charge in [0.05, 0.1) is 11.0 Å². The molecule has 0 saturated carbocycles. The van der Waals surface area contributed by atoms with Crippen molar-refractivity contribution in [3.05, 3.63) is 28.8 Å². The number of aromatic amines is 1. The third kappa shape index (κ3) is 2.21. The van der Waals surface area contributed by atoms with E-state index in [0.29, 0.717) is 10.3 Å². The van der Waals surface area contributed by atoms with Gasteiger partial charge in [0, 0.05) is 14.1 Å². The second kappa shape index (κ2) is 4.29. The molecule has 0 bridgehead atoms. The van der Waals surface area contributed by atoms with Crippen LogP contribution in [0.3, 0.4) is 0 Å². The molecule has 0 aliphatic carbocycles. The summed E-state index contributed by atoms with van der Waals surface area (Å²) in [6.45, 7) is 0.106. The first-order valence-corrected chi connectivity index (χ1v) is 5.48. The molecule has 1 N–H and O–H groups in total. The van der Waals surface area contributed by atoms with Crippen LogP contribution in [-0.4, -0.2) is 34.5 Å². The number of aromatic nitrogens is 2. The van der Waals surface area contributed by atoms with Gasteiger partial charge in [0.15, 0.2) is 4.77 Å². The molecule has 0 aliphatic heterocycles. The van der Waals surface area contributed by atoms with E-state index in [2.05, 4.69) is 4.98 Å². The van der Waals surface area contributed by atoms with Crippen molar-refractivity contribution in [2.24, 2.45) is 0 Å². The normalized spacial score (nSPS) is 10.8. The molecule has 0 aliphatic rings. The fraction of sp³-hybridized carbons (Fsp3) is 0.273.